The molecule has 0 bridgehead atoms. The molecular weight excluding hydrogens is 348 g/mol. The molecule has 0 aliphatic heterocycles. The Labute approximate surface area is 141 Å². The lowest BCUT2D eigenvalue weighted by Crippen LogP contribution is -2.11. The summed E-state index contributed by atoms with van der Waals surface area (Å²) >= 11 is 0. The molecule has 1 heterocycles. The van der Waals surface area contributed by atoms with Crippen LogP contribution in [0.1, 0.15) is 43.6 Å². The van der Waals surface area contributed by atoms with E-state index >= 15 is 0 Å². The number of benzene rings is 1. The number of nitrogens with one attached hydrogen (secondary N) is 1. The summed E-state index contributed by atoms with van der Waals surface area (Å²) in [5, 5.41) is 0. The maximum atomic E-state index is 13.0. The summed E-state index contributed by atoms with van der Waals surface area (Å²) in [6.07, 6.45) is -7.80. The normalized spacial score (nSPS) is 12.4. The third-order valence-corrected chi connectivity index (χ3v) is 3.46. The predicted molar refractivity (Wildman–Crippen MR) is 84.0 cm³/mol. The minimum Gasteiger partial charge on any atom is -0.342 e. The Bertz CT molecular complexity index is 685. The minimum atomic E-state index is -4.90. The van der Waals surface area contributed by atoms with Gasteiger partial charge in [0, 0.05) is 6.42 Å². The maximum Gasteiger partial charge on any atom is 0.418 e. The van der Waals surface area contributed by atoms with Gasteiger partial charge in [0.25, 0.3) is 0 Å². The van der Waals surface area contributed by atoms with Crippen LogP contribution in [0.25, 0.3) is 11.0 Å². The molecule has 1 aromatic heterocycles. The van der Waals surface area contributed by atoms with Gasteiger partial charge in [-0.15, -0.1) is 0 Å². The van der Waals surface area contributed by atoms with E-state index in [1.807, 2.05) is 13.8 Å². The van der Waals surface area contributed by atoms with Crippen molar-refractivity contribution in [2.45, 2.75) is 45.5 Å². The molecule has 2 rings (SSSR count). The molecule has 0 fully saturated rings. The molecule has 1 aromatic carbocycles. The van der Waals surface area contributed by atoms with Crippen LogP contribution in [-0.2, 0) is 18.8 Å². The zero-order valence-electron chi connectivity index (χ0n) is 14.1. The van der Waals surface area contributed by atoms with E-state index in [1.165, 1.54) is 7.05 Å². The molecule has 2 aromatic rings. The van der Waals surface area contributed by atoms with Gasteiger partial charge in [0.15, 0.2) is 0 Å². The van der Waals surface area contributed by atoms with Crippen molar-refractivity contribution >= 4 is 11.0 Å². The molecule has 0 radical (unpaired) electrons. The summed E-state index contributed by atoms with van der Waals surface area (Å²) in [4.78, 5) is 6.44. The lowest BCUT2D eigenvalue weighted by molar-refractivity contribution is -0.142. The Morgan fingerprint density at radius 3 is 2.12 bits per heavy atom. The Hall–Kier alpha value is -1.77. The Balaban J connectivity index is 0.00000151. The van der Waals surface area contributed by atoms with E-state index in [9.17, 15) is 26.3 Å². The van der Waals surface area contributed by atoms with Gasteiger partial charge in [0.05, 0.1) is 16.6 Å². The standard InChI is InChI=1S/C15H16F6N2.CH5N/c1-8(2)4-3-5-12-22-11-7-9(14(16,17)18)6-10(13(11)23-12)15(19,20)21;1-2/h6-8H,3-5H2,1-2H3,(H,22,23);2H2,1H3. The van der Waals surface area contributed by atoms with E-state index in [0.717, 1.165) is 6.42 Å². The highest BCUT2D eigenvalue weighted by Crippen LogP contribution is 2.39. The van der Waals surface area contributed by atoms with Crippen molar-refractivity contribution in [3.63, 3.8) is 0 Å². The number of aryl methyl sites for hydroxylation is 1. The van der Waals surface area contributed by atoms with Gasteiger partial charge in [-0.25, -0.2) is 4.98 Å². The van der Waals surface area contributed by atoms with Gasteiger partial charge in [-0.05, 0) is 31.5 Å². The molecule has 0 spiro atoms. The van der Waals surface area contributed by atoms with E-state index < -0.39 is 29.0 Å². The number of rotatable bonds is 4. The molecule has 0 aliphatic rings. The summed E-state index contributed by atoms with van der Waals surface area (Å²) in [5.41, 5.74) is 1.08. The average Bonchev–Trinajstić information content (AvgIpc) is 2.88. The smallest absolute Gasteiger partial charge is 0.342 e. The highest BCUT2D eigenvalue weighted by atomic mass is 19.4. The van der Waals surface area contributed by atoms with Gasteiger partial charge >= 0.3 is 12.4 Å². The average molecular weight is 369 g/mol. The number of nitrogens with zero attached hydrogens (tertiary/aromatic N) is 1. The topological polar surface area (TPSA) is 54.7 Å². The zero-order valence-corrected chi connectivity index (χ0v) is 14.1. The molecule has 0 saturated heterocycles. The lowest BCUT2D eigenvalue weighted by Gasteiger charge is -2.11. The van der Waals surface area contributed by atoms with Crippen LogP contribution in [0.4, 0.5) is 26.3 Å². The Morgan fingerprint density at radius 2 is 1.64 bits per heavy atom. The quantitative estimate of drug-likeness (QED) is 0.732. The van der Waals surface area contributed by atoms with Gasteiger partial charge in [0.1, 0.15) is 11.3 Å². The van der Waals surface area contributed by atoms with Crippen LogP contribution in [-0.4, -0.2) is 17.0 Å². The first-order valence-corrected chi connectivity index (χ1v) is 7.73. The first kappa shape index (κ1) is 21.3. The van der Waals surface area contributed by atoms with Gasteiger partial charge in [-0.2, -0.15) is 26.3 Å². The van der Waals surface area contributed by atoms with Crippen LogP contribution in [0.5, 0.6) is 0 Å². The summed E-state index contributed by atoms with van der Waals surface area (Å²) in [6.45, 7) is 4.02. The van der Waals surface area contributed by atoms with Crippen molar-refractivity contribution in [2.75, 3.05) is 7.05 Å². The molecule has 0 saturated carbocycles. The second-order valence-corrected chi connectivity index (χ2v) is 5.89. The highest BCUT2D eigenvalue weighted by molar-refractivity contribution is 5.80. The Kier molecular flexibility index (Phi) is 6.87. The summed E-state index contributed by atoms with van der Waals surface area (Å²) in [7, 11) is 1.50. The first-order valence-electron chi connectivity index (χ1n) is 7.73. The van der Waals surface area contributed by atoms with Crippen molar-refractivity contribution in [1.29, 1.82) is 0 Å². The van der Waals surface area contributed by atoms with Gasteiger partial charge in [-0.1, -0.05) is 20.3 Å². The molecule has 0 amide bonds. The first-order chi connectivity index (χ1) is 11.5. The van der Waals surface area contributed by atoms with Crippen molar-refractivity contribution in [2.24, 2.45) is 11.7 Å². The summed E-state index contributed by atoms with van der Waals surface area (Å²) in [5.74, 6) is 0.701. The van der Waals surface area contributed by atoms with E-state index in [1.54, 1.807) is 0 Å². The van der Waals surface area contributed by atoms with Crippen molar-refractivity contribution < 1.29 is 26.3 Å². The number of aromatic amines is 1. The van der Waals surface area contributed by atoms with E-state index in [0.29, 0.717) is 24.8 Å². The molecule has 0 aliphatic carbocycles. The van der Waals surface area contributed by atoms with Crippen LogP contribution in [0.3, 0.4) is 0 Å². The number of fused-ring (bicyclic) bond motifs is 1. The van der Waals surface area contributed by atoms with Gasteiger partial charge in [-0.3, -0.25) is 0 Å². The molecule has 142 valence electrons. The van der Waals surface area contributed by atoms with Crippen LogP contribution in [0.15, 0.2) is 12.1 Å². The number of hydrogen-bond donors (Lipinski definition) is 2. The lowest BCUT2D eigenvalue weighted by atomic mass is 10.1. The van der Waals surface area contributed by atoms with Crippen molar-refractivity contribution in [3.05, 3.63) is 29.1 Å². The van der Waals surface area contributed by atoms with Crippen molar-refractivity contribution in [1.82, 2.24) is 9.97 Å². The molecular formula is C16H21F6N3. The molecule has 9 heteroatoms. The number of nitrogens with two attached hydrogens (primary N) is 1. The fourth-order valence-corrected chi connectivity index (χ4v) is 2.34. The maximum absolute atomic E-state index is 13.0. The number of halogens is 6. The van der Waals surface area contributed by atoms with E-state index in [4.69, 9.17) is 0 Å². The molecule has 3 N–H and O–H groups in total. The monoisotopic (exact) mass is 369 g/mol. The largest absolute Gasteiger partial charge is 0.418 e. The van der Waals surface area contributed by atoms with Crippen LogP contribution in [0, 0.1) is 5.92 Å². The third kappa shape index (κ3) is 5.62. The summed E-state index contributed by atoms with van der Waals surface area (Å²) in [6, 6.07) is 0.782. The number of aromatic nitrogens is 2. The molecule has 25 heavy (non-hydrogen) atoms. The zero-order chi connectivity index (χ0) is 19.4. The SMILES string of the molecule is CC(C)CCCc1nc2c(C(F)(F)F)cc(C(F)(F)F)cc2[nH]1.CN. The van der Waals surface area contributed by atoms with E-state index in [-0.39, 0.29) is 17.4 Å². The van der Waals surface area contributed by atoms with Crippen LogP contribution < -0.4 is 5.73 Å². The summed E-state index contributed by atoms with van der Waals surface area (Å²) < 4.78 is 77.4. The van der Waals surface area contributed by atoms with Gasteiger partial charge in [0.2, 0.25) is 0 Å². The number of alkyl halides is 6. The molecule has 3 nitrogen and oxygen atoms in total. The van der Waals surface area contributed by atoms with Crippen LogP contribution >= 0.6 is 0 Å². The second-order valence-electron chi connectivity index (χ2n) is 5.89. The number of hydrogen-bond acceptors (Lipinski definition) is 2. The fourth-order valence-electron chi connectivity index (χ4n) is 2.34. The van der Waals surface area contributed by atoms with E-state index in [2.05, 4.69) is 15.7 Å². The molecule has 0 unspecified atom stereocenters. The minimum absolute atomic E-state index is 0.112. The highest BCUT2D eigenvalue weighted by Gasteiger charge is 2.39. The van der Waals surface area contributed by atoms with Gasteiger partial charge < -0.3 is 10.7 Å². The number of H-pyrrole nitrogens is 1. The fraction of sp³-hybridized carbons (Fsp3) is 0.562. The number of imidazole rings is 1. The molecule has 0 atom stereocenters. The predicted octanol–water partition coefficient (Wildman–Crippen LogP) is 5.15. The Morgan fingerprint density at radius 1 is 1.04 bits per heavy atom. The van der Waals surface area contributed by atoms with Crippen molar-refractivity contribution in [3.8, 4) is 0 Å². The third-order valence-electron chi connectivity index (χ3n) is 3.46. The van der Waals surface area contributed by atoms with Crippen LogP contribution in [0.2, 0.25) is 0 Å². The second kappa shape index (κ2) is 8.07.